The van der Waals surface area contributed by atoms with Crippen LogP contribution in [0.3, 0.4) is 0 Å². The van der Waals surface area contributed by atoms with E-state index in [2.05, 4.69) is 16.0 Å². The second-order valence-corrected chi connectivity index (χ2v) is 7.69. The summed E-state index contributed by atoms with van der Waals surface area (Å²) in [7, 11) is 3.67. The molecule has 5 nitrogen and oxygen atoms in total. The maximum absolute atomic E-state index is 12.8. The van der Waals surface area contributed by atoms with Gasteiger partial charge in [-0.05, 0) is 18.1 Å². The van der Waals surface area contributed by atoms with Crippen LogP contribution >= 0.6 is 22.9 Å². The number of alkyl halides is 3. The van der Waals surface area contributed by atoms with Crippen LogP contribution in [0, 0.1) is 11.3 Å². The molecule has 2 aromatic rings. The summed E-state index contributed by atoms with van der Waals surface area (Å²) >= 11 is 7.46. The molecule has 0 spiro atoms. The van der Waals surface area contributed by atoms with Gasteiger partial charge in [-0.1, -0.05) is 11.6 Å². The van der Waals surface area contributed by atoms with Crippen LogP contribution in [0.1, 0.15) is 21.6 Å². The van der Waals surface area contributed by atoms with Crippen molar-refractivity contribution in [1.29, 1.82) is 5.26 Å². The summed E-state index contributed by atoms with van der Waals surface area (Å²) in [6.07, 6.45) is -1.49. The van der Waals surface area contributed by atoms with Crippen LogP contribution < -0.4 is 4.90 Å². The van der Waals surface area contributed by atoms with Crippen molar-refractivity contribution >= 4 is 40.1 Å². The number of thiophene rings is 1. The molecule has 0 radical (unpaired) electrons. The number of hydrogen-bond donors (Lipinski definition) is 0. The Balaban J connectivity index is 1.90. The van der Waals surface area contributed by atoms with Crippen molar-refractivity contribution in [3.05, 3.63) is 38.9 Å². The molecule has 0 amide bonds. The lowest BCUT2D eigenvalue weighted by Crippen LogP contribution is -2.30. The second-order valence-electron chi connectivity index (χ2n) is 6.20. The molecular formula is C17H15ClF3N5S. The zero-order valence-corrected chi connectivity index (χ0v) is 16.1. The molecular weight excluding hydrogens is 399 g/mol. The Bertz CT molecular complexity index is 930. The van der Waals surface area contributed by atoms with E-state index in [1.165, 1.54) is 11.3 Å². The second kappa shape index (κ2) is 7.37. The zero-order valence-electron chi connectivity index (χ0n) is 14.5. The first kappa shape index (κ1) is 19.5. The largest absolute Gasteiger partial charge is 0.417 e. The van der Waals surface area contributed by atoms with Gasteiger partial charge in [-0.15, -0.1) is 11.3 Å². The van der Waals surface area contributed by atoms with E-state index in [9.17, 15) is 18.4 Å². The Labute approximate surface area is 163 Å². The van der Waals surface area contributed by atoms with Gasteiger partial charge >= 0.3 is 6.18 Å². The highest BCUT2D eigenvalue weighted by Gasteiger charge is 2.33. The minimum atomic E-state index is -4.49. The summed E-state index contributed by atoms with van der Waals surface area (Å²) in [5, 5.41) is 10.1. The summed E-state index contributed by atoms with van der Waals surface area (Å²) in [5.41, 5.74) is 0.615. The van der Waals surface area contributed by atoms with Crippen molar-refractivity contribution in [2.24, 2.45) is 4.99 Å². The number of halogens is 4. The quantitative estimate of drug-likeness (QED) is 0.550. The predicted molar refractivity (Wildman–Crippen MR) is 99.9 cm³/mol. The number of hydrogen-bond acceptors (Lipinski definition) is 5. The van der Waals surface area contributed by atoms with Crippen molar-refractivity contribution in [2.75, 3.05) is 25.5 Å². The molecule has 0 fully saturated rings. The third-order valence-electron chi connectivity index (χ3n) is 4.00. The zero-order chi connectivity index (χ0) is 19.8. The average Bonchev–Trinajstić information content (AvgIpc) is 2.95. The van der Waals surface area contributed by atoms with Gasteiger partial charge < -0.3 is 9.80 Å². The first-order valence-corrected chi connectivity index (χ1v) is 9.13. The lowest BCUT2D eigenvalue weighted by atomic mass is 10.0. The van der Waals surface area contributed by atoms with Crippen molar-refractivity contribution in [3.63, 3.8) is 0 Å². The maximum Gasteiger partial charge on any atom is 0.417 e. The molecule has 0 aromatic carbocycles. The van der Waals surface area contributed by atoms with Crippen LogP contribution in [0.2, 0.25) is 5.02 Å². The van der Waals surface area contributed by atoms with E-state index in [0.717, 1.165) is 22.7 Å². The molecule has 0 unspecified atom stereocenters. The van der Waals surface area contributed by atoms with Crippen molar-refractivity contribution in [2.45, 2.75) is 19.1 Å². The molecule has 3 heterocycles. The summed E-state index contributed by atoms with van der Waals surface area (Å²) < 4.78 is 38.4. The Kier molecular flexibility index (Phi) is 5.31. The van der Waals surface area contributed by atoms with Gasteiger partial charge in [0.05, 0.1) is 29.0 Å². The van der Waals surface area contributed by atoms with Crippen molar-refractivity contribution in [3.8, 4) is 6.07 Å². The van der Waals surface area contributed by atoms with E-state index in [4.69, 9.17) is 11.6 Å². The van der Waals surface area contributed by atoms with Crippen LogP contribution in [0.25, 0.3) is 0 Å². The van der Waals surface area contributed by atoms with Gasteiger partial charge in [-0.2, -0.15) is 18.4 Å². The first-order valence-electron chi connectivity index (χ1n) is 7.93. The molecule has 3 rings (SSSR count). The molecule has 0 N–H and O–H groups in total. The SMILES string of the molecule is CN(C)/C=N/c1sc2c(c1C#N)CCN(c1ncc(C(F)(F)F)cc1Cl)C2. The van der Waals surface area contributed by atoms with E-state index in [0.29, 0.717) is 35.9 Å². The number of nitriles is 1. The van der Waals surface area contributed by atoms with E-state index in [1.54, 1.807) is 11.2 Å². The van der Waals surface area contributed by atoms with Crippen molar-refractivity contribution < 1.29 is 13.2 Å². The summed E-state index contributed by atoms with van der Waals surface area (Å²) in [6, 6.07) is 3.10. The molecule has 1 aliphatic rings. The fraction of sp³-hybridized carbons (Fsp3) is 0.353. The molecule has 0 bridgehead atoms. The van der Waals surface area contributed by atoms with Gasteiger partial charge in [0.2, 0.25) is 0 Å². The minimum absolute atomic E-state index is 0.0452. The summed E-state index contributed by atoms with van der Waals surface area (Å²) in [6.45, 7) is 0.928. The van der Waals surface area contributed by atoms with Crippen LogP contribution in [0.5, 0.6) is 0 Å². The minimum Gasteiger partial charge on any atom is -0.369 e. The highest BCUT2D eigenvalue weighted by molar-refractivity contribution is 7.16. The number of pyridine rings is 1. The fourth-order valence-corrected chi connectivity index (χ4v) is 4.20. The van der Waals surface area contributed by atoms with Crippen LogP contribution in [-0.2, 0) is 19.1 Å². The molecule has 1 aliphatic heterocycles. The standard InChI is InChI=1S/C17H15ClF3N5S/c1-25(2)9-24-16-12(6-22)11-3-4-26(8-14(11)27-16)15-13(18)5-10(7-23-15)17(19,20)21/h5,7,9H,3-4,8H2,1-2H3/b24-9+. The smallest absolute Gasteiger partial charge is 0.369 e. The Morgan fingerprint density at radius 3 is 2.78 bits per heavy atom. The van der Waals surface area contributed by atoms with Gasteiger partial charge in [0, 0.05) is 31.7 Å². The van der Waals surface area contributed by atoms with Gasteiger partial charge in [-0.25, -0.2) is 9.98 Å². The highest BCUT2D eigenvalue weighted by atomic mass is 35.5. The lowest BCUT2D eigenvalue weighted by molar-refractivity contribution is -0.137. The molecule has 0 atom stereocenters. The molecule has 0 saturated heterocycles. The predicted octanol–water partition coefficient (Wildman–Crippen LogP) is 4.47. The number of nitrogens with zero attached hydrogens (tertiary/aromatic N) is 5. The maximum atomic E-state index is 12.8. The fourth-order valence-electron chi connectivity index (χ4n) is 2.76. The lowest BCUT2D eigenvalue weighted by Gasteiger charge is -2.28. The molecule has 0 saturated carbocycles. The van der Waals surface area contributed by atoms with E-state index < -0.39 is 11.7 Å². The normalized spacial score (nSPS) is 14.3. The van der Waals surface area contributed by atoms with E-state index in [1.807, 2.05) is 19.0 Å². The number of fused-ring (bicyclic) bond motifs is 1. The van der Waals surface area contributed by atoms with Gasteiger partial charge in [0.15, 0.2) is 0 Å². The number of rotatable bonds is 3. The van der Waals surface area contributed by atoms with Crippen LogP contribution in [0.4, 0.5) is 24.0 Å². The number of aliphatic imine (C=N–C) groups is 1. The van der Waals surface area contributed by atoms with Crippen molar-refractivity contribution in [1.82, 2.24) is 9.88 Å². The Hall–Kier alpha value is -2.31. The number of anilines is 1. The van der Waals surface area contributed by atoms with Gasteiger partial charge in [-0.3, -0.25) is 0 Å². The average molecular weight is 414 g/mol. The molecule has 0 aliphatic carbocycles. The molecule has 27 heavy (non-hydrogen) atoms. The first-order chi connectivity index (χ1) is 12.7. The third-order valence-corrected chi connectivity index (χ3v) is 5.41. The number of aromatic nitrogens is 1. The Morgan fingerprint density at radius 2 is 2.19 bits per heavy atom. The van der Waals surface area contributed by atoms with E-state index >= 15 is 0 Å². The molecule has 2 aromatic heterocycles. The van der Waals surface area contributed by atoms with Gasteiger partial charge in [0.25, 0.3) is 0 Å². The third kappa shape index (κ3) is 4.01. The molecule has 142 valence electrons. The van der Waals surface area contributed by atoms with Crippen LogP contribution in [-0.4, -0.2) is 36.9 Å². The topological polar surface area (TPSA) is 55.5 Å². The van der Waals surface area contributed by atoms with Gasteiger partial charge in [0.1, 0.15) is 16.9 Å². The molecule has 10 heteroatoms. The summed E-state index contributed by atoms with van der Waals surface area (Å²) in [4.78, 5) is 12.8. The monoisotopic (exact) mass is 413 g/mol. The highest BCUT2D eigenvalue weighted by Crippen LogP contribution is 2.40. The van der Waals surface area contributed by atoms with E-state index in [-0.39, 0.29) is 5.02 Å². The Morgan fingerprint density at radius 1 is 1.44 bits per heavy atom. The summed E-state index contributed by atoms with van der Waals surface area (Å²) in [5.74, 6) is 0.306. The van der Waals surface area contributed by atoms with Crippen LogP contribution in [0.15, 0.2) is 17.3 Å².